The number of anilines is 1. The predicted molar refractivity (Wildman–Crippen MR) is 97.8 cm³/mol. The van der Waals surface area contributed by atoms with Gasteiger partial charge in [-0.2, -0.15) is 0 Å². The van der Waals surface area contributed by atoms with Crippen LogP contribution in [0.3, 0.4) is 0 Å². The fourth-order valence-electron chi connectivity index (χ4n) is 2.37. The van der Waals surface area contributed by atoms with Gasteiger partial charge < -0.3 is 15.1 Å². The molecule has 3 rings (SSSR count). The summed E-state index contributed by atoms with van der Waals surface area (Å²) in [6, 6.07) is 14.7. The lowest BCUT2D eigenvalue weighted by Gasteiger charge is -2.08. The van der Waals surface area contributed by atoms with Gasteiger partial charge in [-0.25, -0.2) is 4.98 Å². The summed E-state index contributed by atoms with van der Waals surface area (Å²) >= 11 is 5.96. The van der Waals surface area contributed by atoms with E-state index in [0.717, 1.165) is 17.7 Å². The lowest BCUT2D eigenvalue weighted by atomic mass is 10.1. The number of pyridine rings is 1. The Balaban J connectivity index is 1.52. The van der Waals surface area contributed by atoms with Gasteiger partial charge in [-0.3, -0.25) is 4.79 Å². The number of furan rings is 1. The van der Waals surface area contributed by atoms with E-state index in [-0.39, 0.29) is 5.91 Å². The number of nitrogens with zero attached hydrogens (tertiary/aromatic N) is 1. The topological polar surface area (TPSA) is 67.2 Å². The van der Waals surface area contributed by atoms with Crippen molar-refractivity contribution in [1.82, 2.24) is 10.3 Å². The first kappa shape index (κ1) is 17.0. The number of aromatic nitrogens is 1. The van der Waals surface area contributed by atoms with E-state index >= 15 is 0 Å². The molecule has 2 N–H and O–H groups in total. The molecule has 0 unspecified atom stereocenters. The number of hydrogen-bond donors (Lipinski definition) is 2. The lowest BCUT2D eigenvalue weighted by Crippen LogP contribution is -2.25. The second-order valence-corrected chi connectivity index (χ2v) is 5.93. The van der Waals surface area contributed by atoms with Crippen LogP contribution < -0.4 is 10.6 Å². The predicted octanol–water partition coefficient (Wildman–Crippen LogP) is 3.91. The zero-order chi connectivity index (χ0) is 17.5. The summed E-state index contributed by atoms with van der Waals surface area (Å²) in [7, 11) is 0. The van der Waals surface area contributed by atoms with Crippen molar-refractivity contribution in [3.8, 4) is 0 Å². The fourth-order valence-corrected chi connectivity index (χ4v) is 2.59. The van der Waals surface area contributed by atoms with Crippen LogP contribution in [-0.2, 0) is 13.0 Å². The Morgan fingerprint density at radius 1 is 1.16 bits per heavy atom. The SMILES string of the molecule is O=C(NCCc1cccc(Cl)c1)c1ccnc(NCc2ccco2)c1. The highest BCUT2D eigenvalue weighted by atomic mass is 35.5. The third kappa shape index (κ3) is 5.09. The highest BCUT2D eigenvalue weighted by Crippen LogP contribution is 2.11. The lowest BCUT2D eigenvalue weighted by molar-refractivity contribution is 0.0954. The number of nitrogens with one attached hydrogen (secondary N) is 2. The van der Waals surface area contributed by atoms with Gasteiger partial charge in [0.1, 0.15) is 11.6 Å². The Kier molecular flexibility index (Phi) is 5.69. The summed E-state index contributed by atoms with van der Waals surface area (Å²) < 4.78 is 5.26. The summed E-state index contributed by atoms with van der Waals surface area (Å²) in [4.78, 5) is 16.5. The summed E-state index contributed by atoms with van der Waals surface area (Å²) in [5.41, 5.74) is 1.64. The summed E-state index contributed by atoms with van der Waals surface area (Å²) in [5.74, 6) is 1.29. The second kappa shape index (κ2) is 8.35. The van der Waals surface area contributed by atoms with Crippen LogP contribution in [0.2, 0.25) is 5.02 Å². The fraction of sp³-hybridized carbons (Fsp3) is 0.158. The minimum Gasteiger partial charge on any atom is -0.467 e. The van der Waals surface area contributed by atoms with Crippen molar-refractivity contribution >= 4 is 23.3 Å². The standard InChI is InChI=1S/C19H18ClN3O2/c20-16-4-1-3-14(11-16)6-8-22-19(24)15-7-9-21-18(12-15)23-13-17-5-2-10-25-17/h1-5,7,9-12H,6,8,13H2,(H,21,23)(H,22,24). The van der Waals surface area contributed by atoms with E-state index in [2.05, 4.69) is 15.6 Å². The molecule has 0 saturated heterocycles. The molecule has 1 aromatic carbocycles. The first-order valence-corrected chi connectivity index (χ1v) is 8.33. The first-order valence-electron chi connectivity index (χ1n) is 7.96. The molecule has 0 fully saturated rings. The van der Waals surface area contributed by atoms with Gasteiger partial charge in [-0.15, -0.1) is 0 Å². The Labute approximate surface area is 151 Å². The largest absolute Gasteiger partial charge is 0.467 e. The minimum atomic E-state index is -0.134. The molecule has 6 heteroatoms. The number of rotatable bonds is 7. The molecule has 0 radical (unpaired) electrons. The maximum Gasteiger partial charge on any atom is 0.251 e. The third-order valence-electron chi connectivity index (χ3n) is 3.63. The van der Waals surface area contributed by atoms with Gasteiger partial charge in [0.2, 0.25) is 0 Å². The molecule has 0 atom stereocenters. The summed E-state index contributed by atoms with van der Waals surface area (Å²) in [6.07, 6.45) is 3.95. The number of amides is 1. The van der Waals surface area contributed by atoms with Gasteiger partial charge in [0.25, 0.3) is 5.91 Å². The Bertz CT molecular complexity index is 834. The van der Waals surface area contributed by atoms with Crippen LogP contribution in [0, 0.1) is 0 Å². The van der Waals surface area contributed by atoms with Crippen molar-refractivity contribution in [2.24, 2.45) is 0 Å². The van der Waals surface area contributed by atoms with Crippen molar-refractivity contribution in [3.63, 3.8) is 0 Å². The molecule has 2 aromatic heterocycles. The smallest absolute Gasteiger partial charge is 0.251 e. The first-order chi connectivity index (χ1) is 12.2. The zero-order valence-corrected chi connectivity index (χ0v) is 14.3. The van der Waals surface area contributed by atoms with E-state index in [4.69, 9.17) is 16.0 Å². The van der Waals surface area contributed by atoms with Crippen LogP contribution in [0.4, 0.5) is 5.82 Å². The molecule has 0 saturated carbocycles. The molecule has 3 aromatic rings. The van der Waals surface area contributed by atoms with Gasteiger partial charge >= 0.3 is 0 Å². The minimum absolute atomic E-state index is 0.134. The van der Waals surface area contributed by atoms with Crippen LogP contribution in [0.15, 0.2) is 65.4 Å². The normalized spacial score (nSPS) is 10.4. The van der Waals surface area contributed by atoms with Crippen LogP contribution in [0.25, 0.3) is 0 Å². The zero-order valence-electron chi connectivity index (χ0n) is 13.5. The molecule has 0 spiro atoms. The monoisotopic (exact) mass is 355 g/mol. The van der Waals surface area contributed by atoms with Crippen LogP contribution in [-0.4, -0.2) is 17.4 Å². The molecular weight excluding hydrogens is 338 g/mol. The van der Waals surface area contributed by atoms with Gasteiger partial charge in [-0.1, -0.05) is 23.7 Å². The van der Waals surface area contributed by atoms with Crippen molar-refractivity contribution in [2.45, 2.75) is 13.0 Å². The molecule has 1 amide bonds. The Morgan fingerprint density at radius 2 is 2.08 bits per heavy atom. The van der Waals surface area contributed by atoms with Crippen molar-refractivity contribution in [3.05, 3.63) is 82.9 Å². The number of benzene rings is 1. The van der Waals surface area contributed by atoms with E-state index in [1.807, 2.05) is 36.4 Å². The summed E-state index contributed by atoms with van der Waals surface area (Å²) in [5, 5.41) is 6.74. The van der Waals surface area contributed by atoms with E-state index in [1.165, 1.54) is 0 Å². The van der Waals surface area contributed by atoms with Crippen LogP contribution in [0.1, 0.15) is 21.7 Å². The maximum atomic E-state index is 12.3. The highest BCUT2D eigenvalue weighted by Gasteiger charge is 2.07. The van der Waals surface area contributed by atoms with Crippen molar-refractivity contribution in [2.75, 3.05) is 11.9 Å². The molecule has 2 heterocycles. The second-order valence-electron chi connectivity index (χ2n) is 5.50. The number of hydrogen-bond acceptors (Lipinski definition) is 4. The number of carbonyl (C=O) groups is 1. The molecule has 25 heavy (non-hydrogen) atoms. The number of carbonyl (C=O) groups excluding carboxylic acids is 1. The molecule has 128 valence electrons. The van der Waals surface area contributed by atoms with E-state index in [0.29, 0.717) is 29.5 Å². The maximum absolute atomic E-state index is 12.3. The van der Waals surface area contributed by atoms with Crippen molar-refractivity contribution in [1.29, 1.82) is 0 Å². The van der Waals surface area contributed by atoms with Gasteiger partial charge in [0, 0.05) is 23.3 Å². The van der Waals surface area contributed by atoms with E-state index in [9.17, 15) is 4.79 Å². The summed E-state index contributed by atoms with van der Waals surface area (Å²) in [6.45, 7) is 1.05. The molecule has 0 aliphatic heterocycles. The molecule has 0 aliphatic rings. The third-order valence-corrected chi connectivity index (χ3v) is 3.87. The van der Waals surface area contributed by atoms with Gasteiger partial charge in [0.05, 0.1) is 12.8 Å². The molecule has 0 bridgehead atoms. The average molecular weight is 356 g/mol. The highest BCUT2D eigenvalue weighted by molar-refractivity contribution is 6.30. The van der Waals surface area contributed by atoms with Gasteiger partial charge in [0.15, 0.2) is 0 Å². The molecular formula is C19H18ClN3O2. The van der Waals surface area contributed by atoms with Crippen LogP contribution in [0.5, 0.6) is 0 Å². The Morgan fingerprint density at radius 3 is 2.88 bits per heavy atom. The Hall–Kier alpha value is -2.79. The van der Waals surface area contributed by atoms with Crippen LogP contribution >= 0.6 is 11.6 Å². The quantitative estimate of drug-likeness (QED) is 0.674. The molecule has 0 aliphatic carbocycles. The average Bonchev–Trinajstić information content (AvgIpc) is 3.14. The molecule has 5 nitrogen and oxygen atoms in total. The van der Waals surface area contributed by atoms with Gasteiger partial charge in [-0.05, 0) is 48.4 Å². The van der Waals surface area contributed by atoms with E-state index in [1.54, 1.807) is 24.6 Å². The van der Waals surface area contributed by atoms with E-state index < -0.39 is 0 Å². The number of halogens is 1. The van der Waals surface area contributed by atoms with Crippen molar-refractivity contribution < 1.29 is 9.21 Å².